The number of carbonyl (C=O) groups is 1. The zero-order valence-electron chi connectivity index (χ0n) is 8.12. The molecule has 7 nitrogen and oxygen atoms in total. The molecule has 0 saturated carbocycles. The van der Waals surface area contributed by atoms with E-state index in [2.05, 4.69) is 4.52 Å². The molecule has 0 aromatic carbocycles. The molecule has 3 atom stereocenters. The van der Waals surface area contributed by atoms with Gasteiger partial charge in [-0.3, -0.25) is 4.79 Å². The van der Waals surface area contributed by atoms with Crippen LogP contribution in [-0.2, 0) is 13.9 Å². The summed E-state index contributed by atoms with van der Waals surface area (Å²) in [7, 11) is -4.49. The van der Waals surface area contributed by atoms with Gasteiger partial charge in [-0.2, -0.15) is 0 Å². The Bertz CT molecular complexity index is 245. The normalized spacial score (nSPS) is 19.9. The number of nitrogens with zero attached hydrogens (tertiary/aromatic N) is 1. The van der Waals surface area contributed by atoms with E-state index in [1.165, 1.54) is 13.8 Å². The second-order valence-corrected chi connectivity index (χ2v) is 4.34. The van der Waals surface area contributed by atoms with Gasteiger partial charge in [-0.05, 0) is 13.8 Å². The predicted octanol–water partition coefficient (Wildman–Crippen LogP) is -0.372. The van der Waals surface area contributed by atoms with Gasteiger partial charge in [0.1, 0.15) is 12.5 Å². The molecule has 0 fully saturated rings. The average molecular weight is 227 g/mol. The molecule has 84 valence electrons. The van der Waals surface area contributed by atoms with Crippen molar-refractivity contribution in [3.05, 3.63) is 0 Å². The molecule has 0 heterocycles. The van der Waals surface area contributed by atoms with Gasteiger partial charge in [0.15, 0.2) is 0 Å². The van der Waals surface area contributed by atoms with Crippen molar-refractivity contribution < 1.29 is 29.0 Å². The second kappa shape index (κ2) is 4.86. The van der Waals surface area contributed by atoms with Crippen molar-refractivity contribution in [2.75, 3.05) is 0 Å². The van der Waals surface area contributed by atoms with Crippen molar-refractivity contribution in [1.82, 2.24) is 4.67 Å². The number of hydrogen-bond acceptors (Lipinski definition) is 5. The van der Waals surface area contributed by atoms with Crippen LogP contribution in [0.25, 0.3) is 0 Å². The van der Waals surface area contributed by atoms with Crippen LogP contribution in [0.3, 0.4) is 0 Å². The van der Waals surface area contributed by atoms with Crippen LogP contribution < -0.4 is 0 Å². The summed E-state index contributed by atoms with van der Waals surface area (Å²) in [4.78, 5) is 19.7. The SMILES string of the molecule is CC(=O)OP(=O)(O)N(C(C)O)C(C)O. The lowest BCUT2D eigenvalue weighted by Gasteiger charge is -2.29. The highest BCUT2D eigenvalue weighted by Crippen LogP contribution is 2.48. The molecule has 0 rings (SSSR count). The first kappa shape index (κ1) is 13.5. The maximum atomic E-state index is 11.3. The molecule has 0 aliphatic heterocycles. The van der Waals surface area contributed by atoms with E-state index in [0.717, 1.165) is 6.92 Å². The zero-order chi connectivity index (χ0) is 11.5. The number of carbonyl (C=O) groups excluding carboxylic acids is 1. The fourth-order valence-electron chi connectivity index (χ4n) is 0.949. The third-order valence-electron chi connectivity index (χ3n) is 1.31. The fourth-order valence-corrected chi connectivity index (χ4v) is 2.22. The van der Waals surface area contributed by atoms with Crippen LogP contribution in [0.1, 0.15) is 20.8 Å². The maximum Gasteiger partial charge on any atom is 0.465 e. The summed E-state index contributed by atoms with van der Waals surface area (Å²) < 4.78 is 15.8. The highest BCUT2D eigenvalue weighted by atomic mass is 31.2. The summed E-state index contributed by atoms with van der Waals surface area (Å²) in [5.41, 5.74) is 0. The van der Waals surface area contributed by atoms with Gasteiger partial charge in [-0.25, -0.2) is 4.57 Å². The molecular formula is C6H14NO6P. The Hall–Kier alpha value is -0.460. The Labute approximate surface area is 81.5 Å². The van der Waals surface area contributed by atoms with Crippen molar-refractivity contribution in [2.45, 2.75) is 33.2 Å². The Kier molecular flexibility index (Phi) is 4.70. The second-order valence-electron chi connectivity index (χ2n) is 2.72. The van der Waals surface area contributed by atoms with Crippen molar-refractivity contribution in [2.24, 2.45) is 0 Å². The molecule has 0 amide bonds. The van der Waals surface area contributed by atoms with E-state index in [1.54, 1.807) is 0 Å². The van der Waals surface area contributed by atoms with Crippen LogP contribution in [0, 0.1) is 0 Å². The molecule has 0 saturated heterocycles. The largest absolute Gasteiger partial charge is 0.465 e. The minimum atomic E-state index is -4.49. The van der Waals surface area contributed by atoms with Crippen molar-refractivity contribution in [3.8, 4) is 0 Å². The minimum Gasteiger partial charge on any atom is -0.380 e. The van der Waals surface area contributed by atoms with Crippen LogP contribution in [0.4, 0.5) is 0 Å². The monoisotopic (exact) mass is 227 g/mol. The minimum absolute atomic E-state index is 0.397. The van der Waals surface area contributed by atoms with Crippen LogP contribution >= 0.6 is 7.75 Å². The molecule has 0 aromatic heterocycles. The summed E-state index contributed by atoms with van der Waals surface area (Å²) in [5, 5.41) is 18.1. The van der Waals surface area contributed by atoms with Crippen LogP contribution in [0.2, 0.25) is 0 Å². The molecule has 3 unspecified atom stereocenters. The first-order chi connectivity index (χ1) is 6.18. The molecule has 8 heteroatoms. The summed E-state index contributed by atoms with van der Waals surface area (Å²) in [6.45, 7) is 3.28. The average Bonchev–Trinajstić information content (AvgIpc) is 1.77. The van der Waals surface area contributed by atoms with Gasteiger partial charge in [0.25, 0.3) is 0 Å². The Balaban J connectivity index is 4.81. The third-order valence-corrected chi connectivity index (χ3v) is 3.05. The number of rotatable bonds is 4. The Morgan fingerprint density at radius 3 is 1.93 bits per heavy atom. The molecule has 0 bridgehead atoms. The van der Waals surface area contributed by atoms with Gasteiger partial charge >= 0.3 is 13.7 Å². The summed E-state index contributed by atoms with van der Waals surface area (Å²) in [6.07, 6.45) is -2.82. The van der Waals surface area contributed by atoms with Crippen LogP contribution in [-0.4, -0.2) is 38.2 Å². The van der Waals surface area contributed by atoms with E-state index in [-0.39, 0.29) is 0 Å². The van der Waals surface area contributed by atoms with Gasteiger partial charge in [0.2, 0.25) is 0 Å². The Morgan fingerprint density at radius 2 is 1.71 bits per heavy atom. The highest BCUT2D eigenvalue weighted by Gasteiger charge is 2.38. The predicted molar refractivity (Wildman–Crippen MR) is 46.8 cm³/mol. The van der Waals surface area contributed by atoms with Gasteiger partial charge in [-0.1, -0.05) is 0 Å². The molecule has 0 spiro atoms. The zero-order valence-corrected chi connectivity index (χ0v) is 9.01. The first-order valence-corrected chi connectivity index (χ1v) is 5.39. The topological polar surface area (TPSA) is 107 Å². The van der Waals surface area contributed by atoms with E-state index in [9.17, 15) is 14.3 Å². The standard InChI is InChI=1S/C6H14NO6P/c1-4(8)7(5(2)9)14(11,12)13-6(3)10/h4-5,8-9H,1-3H3,(H,11,12). The van der Waals surface area contributed by atoms with Crippen LogP contribution in [0.15, 0.2) is 0 Å². The van der Waals surface area contributed by atoms with Crippen molar-refractivity contribution in [1.29, 1.82) is 0 Å². The number of aliphatic hydroxyl groups is 2. The molecule has 0 radical (unpaired) electrons. The quantitative estimate of drug-likeness (QED) is 0.444. The molecule has 14 heavy (non-hydrogen) atoms. The molecule has 0 aliphatic rings. The van der Waals surface area contributed by atoms with E-state index >= 15 is 0 Å². The number of aliphatic hydroxyl groups excluding tert-OH is 2. The first-order valence-electron chi connectivity index (χ1n) is 3.86. The summed E-state index contributed by atoms with van der Waals surface area (Å²) in [5.74, 6) is -0.970. The summed E-state index contributed by atoms with van der Waals surface area (Å²) >= 11 is 0. The fraction of sp³-hybridized carbons (Fsp3) is 0.833. The lowest BCUT2D eigenvalue weighted by atomic mass is 10.6. The lowest BCUT2D eigenvalue weighted by Crippen LogP contribution is -2.38. The van der Waals surface area contributed by atoms with Crippen LogP contribution in [0.5, 0.6) is 0 Å². The summed E-state index contributed by atoms with van der Waals surface area (Å²) in [6, 6.07) is 0. The number of hydrogen-bond donors (Lipinski definition) is 3. The molecular weight excluding hydrogens is 213 g/mol. The lowest BCUT2D eigenvalue weighted by molar-refractivity contribution is -0.134. The van der Waals surface area contributed by atoms with Crippen molar-refractivity contribution >= 4 is 13.7 Å². The van der Waals surface area contributed by atoms with E-state index in [1.807, 2.05) is 0 Å². The van der Waals surface area contributed by atoms with Crippen molar-refractivity contribution in [3.63, 3.8) is 0 Å². The maximum absolute atomic E-state index is 11.3. The van der Waals surface area contributed by atoms with E-state index in [4.69, 9.17) is 10.2 Å². The van der Waals surface area contributed by atoms with Gasteiger partial charge in [0, 0.05) is 6.92 Å². The van der Waals surface area contributed by atoms with E-state index < -0.39 is 26.2 Å². The van der Waals surface area contributed by atoms with Gasteiger partial charge in [-0.15, -0.1) is 4.67 Å². The molecule has 0 aromatic rings. The smallest absolute Gasteiger partial charge is 0.380 e. The van der Waals surface area contributed by atoms with E-state index in [0.29, 0.717) is 4.67 Å². The van der Waals surface area contributed by atoms with Gasteiger partial charge in [0.05, 0.1) is 0 Å². The molecule has 0 aliphatic carbocycles. The Morgan fingerprint density at radius 1 is 1.36 bits per heavy atom. The third kappa shape index (κ3) is 3.73. The molecule has 3 N–H and O–H groups in total. The van der Waals surface area contributed by atoms with Gasteiger partial charge < -0.3 is 19.6 Å². The highest BCUT2D eigenvalue weighted by molar-refractivity contribution is 7.50.